The molecule has 2 N–H and O–H groups in total. The van der Waals surface area contributed by atoms with Crippen LogP contribution in [0.2, 0.25) is 0 Å². The van der Waals surface area contributed by atoms with E-state index >= 15 is 0 Å². The standard InChI is InChI=1S/C12H12BrN5OS/c1-14-10-6-3-7(13)9(4-8(6)16-11(10)19)20-12-17-15-5-18(12)2/h3-5,10,14H,1-2H3,(H,16,19). The Morgan fingerprint density at radius 3 is 2.95 bits per heavy atom. The normalized spacial score (nSPS) is 17.1. The molecule has 1 atom stereocenters. The first-order valence-corrected chi connectivity index (χ1v) is 7.54. The van der Waals surface area contributed by atoms with E-state index in [1.54, 1.807) is 13.4 Å². The third-order valence-electron chi connectivity index (χ3n) is 3.09. The molecule has 1 amide bonds. The summed E-state index contributed by atoms with van der Waals surface area (Å²) in [6.45, 7) is 0. The van der Waals surface area contributed by atoms with Gasteiger partial charge in [-0.2, -0.15) is 0 Å². The largest absolute Gasteiger partial charge is 0.324 e. The Labute approximate surface area is 128 Å². The van der Waals surface area contributed by atoms with Gasteiger partial charge in [-0.05, 0) is 46.9 Å². The summed E-state index contributed by atoms with van der Waals surface area (Å²) in [5.41, 5.74) is 1.79. The van der Waals surface area contributed by atoms with Gasteiger partial charge in [-0.15, -0.1) is 10.2 Å². The van der Waals surface area contributed by atoms with Crippen LogP contribution in [0, 0.1) is 0 Å². The van der Waals surface area contributed by atoms with Crippen LogP contribution in [-0.4, -0.2) is 27.7 Å². The summed E-state index contributed by atoms with van der Waals surface area (Å²) in [7, 11) is 3.66. The molecule has 1 aliphatic heterocycles. The van der Waals surface area contributed by atoms with Gasteiger partial charge in [0, 0.05) is 27.7 Å². The van der Waals surface area contributed by atoms with Crippen LogP contribution in [0.3, 0.4) is 0 Å². The van der Waals surface area contributed by atoms with Gasteiger partial charge in [0.1, 0.15) is 12.4 Å². The Balaban J connectivity index is 1.98. The highest BCUT2D eigenvalue weighted by Gasteiger charge is 2.30. The molecule has 1 aliphatic rings. The number of likely N-dealkylation sites (N-methyl/N-ethyl adjacent to an activating group) is 1. The smallest absolute Gasteiger partial charge is 0.246 e. The molecular formula is C12H12BrN5OS. The molecule has 6 nitrogen and oxygen atoms in total. The van der Waals surface area contributed by atoms with Crippen molar-refractivity contribution in [3.63, 3.8) is 0 Å². The fourth-order valence-electron chi connectivity index (χ4n) is 2.09. The van der Waals surface area contributed by atoms with Crippen LogP contribution in [0.15, 0.2) is 33.0 Å². The second kappa shape index (κ2) is 5.19. The van der Waals surface area contributed by atoms with Gasteiger partial charge in [0.25, 0.3) is 0 Å². The number of carbonyl (C=O) groups is 1. The van der Waals surface area contributed by atoms with E-state index in [0.717, 1.165) is 25.8 Å². The van der Waals surface area contributed by atoms with Gasteiger partial charge in [0.05, 0.1) is 0 Å². The van der Waals surface area contributed by atoms with E-state index in [-0.39, 0.29) is 11.9 Å². The molecular weight excluding hydrogens is 342 g/mol. The summed E-state index contributed by atoms with van der Waals surface area (Å²) in [6.07, 6.45) is 1.66. The maximum Gasteiger partial charge on any atom is 0.246 e. The van der Waals surface area contributed by atoms with Crippen molar-refractivity contribution in [1.82, 2.24) is 20.1 Å². The average Bonchev–Trinajstić information content (AvgIpc) is 2.93. The second-order valence-corrected chi connectivity index (χ2v) is 6.27. The zero-order valence-corrected chi connectivity index (χ0v) is 13.2. The molecule has 0 spiro atoms. The lowest BCUT2D eigenvalue weighted by Crippen LogP contribution is -2.23. The van der Waals surface area contributed by atoms with E-state index < -0.39 is 0 Å². The molecule has 104 valence electrons. The number of aryl methyl sites for hydroxylation is 1. The SMILES string of the molecule is CNC1C(=O)Nc2cc(Sc3nncn3C)c(Br)cc21. The number of anilines is 1. The summed E-state index contributed by atoms with van der Waals surface area (Å²) in [6, 6.07) is 3.62. The van der Waals surface area contributed by atoms with Crippen LogP contribution in [0.5, 0.6) is 0 Å². The zero-order chi connectivity index (χ0) is 14.3. The number of amides is 1. The molecule has 0 saturated carbocycles. The van der Waals surface area contributed by atoms with Crippen molar-refractivity contribution in [3.8, 4) is 0 Å². The van der Waals surface area contributed by atoms with Gasteiger partial charge in [-0.1, -0.05) is 0 Å². The summed E-state index contributed by atoms with van der Waals surface area (Å²) in [4.78, 5) is 12.8. The van der Waals surface area contributed by atoms with Gasteiger partial charge in [-0.25, -0.2) is 0 Å². The van der Waals surface area contributed by atoms with E-state index in [2.05, 4.69) is 36.8 Å². The van der Waals surface area contributed by atoms with Crippen molar-refractivity contribution in [2.75, 3.05) is 12.4 Å². The average molecular weight is 354 g/mol. The number of hydrogen-bond acceptors (Lipinski definition) is 5. The minimum absolute atomic E-state index is 0.0322. The highest BCUT2D eigenvalue weighted by molar-refractivity contribution is 9.10. The number of carbonyl (C=O) groups excluding carboxylic acids is 1. The van der Waals surface area contributed by atoms with Crippen LogP contribution in [0.1, 0.15) is 11.6 Å². The Morgan fingerprint density at radius 2 is 2.30 bits per heavy atom. The monoisotopic (exact) mass is 353 g/mol. The molecule has 2 aromatic rings. The number of benzene rings is 1. The highest BCUT2D eigenvalue weighted by Crippen LogP contribution is 2.40. The first kappa shape index (κ1) is 13.6. The van der Waals surface area contributed by atoms with E-state index in [4.69, 9.17) is 0 Å². The Hall–Kier alpha value is -1.38. The lowest BCUT2D eigenvalue weighted by Gasteiger charge is -2.09. The summed E-state index contributed by atoms with van der Waals surface area (Å²) in [5, 5.41) is 14.6. The van der Waals surface area contributed by atoms with Crippen LogP contribution in [0.25, 0.3) is 0 Å². The molecule has 0 aliphatic carbocycles. The minimum atomic E-state index is -0.296. The number of hydrogen-bond donors (Lipinski definition) is 2. The lowest BCUT2D eigenvalue weighted by atomic mass is 10.1. The van der Waals surface area contributed by atoms with E-state index in [1.807, 2.05) is 23.7 Å². The van der Waals surface area contributed by atoms with Gasteiger partial charge in [0.15, 0.2) is 5.16 Å². The van der Waals surface area contributed by atoms with Gasteiger partial charge in [-0.3, -0.25) is 4.79 Å². The molecule has 0 fully saturated rings. The van der Waals surface area contributed by atoms with Crippen molar-refractivity contribution < 1.29 is 4.79 Å². The Morgan fingerprint density at radius 1 is 1.50 bits per heavy atom. The summed E-state index contributed by atoms with van der Waals surface area (Å²) < 4.78 is 2.78. The second-order valence-electron chi connectivity index (χ2n) is 4.41. The van der Waals surface area contributed by atoms with Crippen molar-refractivity contribution in [2.45, 2.75) is 16.1 Å². The first-order chi connectivity index (χ1) is 9.60. The fraction of sp³-hybridized carbons (Fsp3) is 0.250. The number of nitrogens with one attached hydrogen (secondary N) is 2. The maximum absolute atomic E-state index is 11.8. The lowest BCUT2D eigenvalue weighted by molar-refractivity contribution is -0.117. The molecule has 1 aromatic heterocycles. The van der Waals surface area contributed by atoms with E-state index in [0.29, 0.717) is 0 Å². The number of fused-ring (bicyclic) bond motifs is 1. The molecule has 1 unspecified atom stereocenters. The Bertz CT molecular complexity index is 686. The van der Waals surface area contributed by atoms with E-state index in [1.165, 1.54) is 11.8 Å². The van der Waals surface area contributed by atoms with Gasteiger partial charge < -0.3 is 15.2 Å². The quantitative estimate of drug-likeness (QED) is 0.882. The highest BCUT2D eigenvalue weighted by atomic mass is 79.9. The summed E-state index contributed by atoms with van der Waals surface area (Å²) >= 11 is 5.05. The predicted molar refractivity (Wildman–Crippen MR) is 79.7 cm³/mol. The van der Waals surface area contributed by atoms with Crippen LogP contribution >= 0.6 is 27.7 Å². The van der Waals surface area contributed by atoms with Crippen LogP contribution in [-0.2, 0) is 11.8 Å². The molecule has 2 heterocycles. The topological polar surface area (TPSA) is 71.8 Å². The van der Waals surface area contributed by atoms with Crippen molar-refractivity contribution in [2.24, 2.45) is 7.05 Å². The fourth-order valence-corrected chi connectivity index (χ4v) is 3.50. The number of rotatable bonds is 3. The van der Waals surface area contributed by atoms with Crippen molar-refractivity contribution >= 4 is 39.3 Å². The van der Waals surface area contributed by atoms with E-state index in [9.17, 15) is 4.79 Å². The third kappa shape index (κ3) is 2.23. The molecule has 8 heteroatoms. The first-order valence-electron chi connectivity index (χ1n) is 5.93. The number of halogens is 1. The third-order valence-corrected chi connectivity index (χ3v) is 5.12. The molecule has 1 aromatic carbocycles. The maximum atomic E-state index is 11.8. The van der Waals surface area contributed by atoms with Crippen molar-refractivity contribution in [1.29, 1.82) is 0 Å². The molecule has 0 saturated heterocycles. The molecule has 20 heavy (non-hydrogen) atoms. The zero-order valence-electron chi connectivity index (χ0n) is 10.8. The van der Waals surface area contributed by atoms with Crippen LogP contribution < -0.4 is 10.6 Å². The minimum Gasteiger partial charge on any atom is -0.324 e. The van der Waals surface area contributed by atoms with Crippen molar-refractivity contribution in [3.05, 3.63) is 28.5 Å². The number of aromatic nitrogens is 3. The van der Waals surface area contributed by atoms with Crippen LogP contribution in [0.4, 0.5) is 5.69 Å². The van der Waals surface area contributed by atoms with Gasteiger partial charge in [0.2, 0.25) is 5.91 Å². The predicted octanol–water partition coefficient (Wildman–Crippen LogP) is 1.94. The number of nitrogens with zero attached hydrogens (tertiary/aromatic N) is 3. The Kier molecular flexibility index (Phi) is 3.53. The van der Waals surface area contributed by atoms with Gasteiger partial charge >= 0.3 is 0 Å². The molecule has 0 radical (unpaired) electrons. The molecule has 0 bridgehead atoms. The summed E-state index contributed by atoms with van der Waals surface area (Å²) in [5.74, 6) is -0.0322. The molecule has 3 rings (SSSR count).